The zero-order chi connectivity index (χ0) is 57.5. The maximum atomic E-state index is 13.2. The molecule has 0 aromatic heterocycles. The van der Waals surface area contributed by atoms with E-state index >= 15 is 0 Å². The second-order valence-electron chi connectivity index (χ2n) is 22.4. The fourth-order valence-corrected chi connectivity index (χ4v) is 9.85. The van der Waals surface area contributed by atoms with Crippen LogP contribution in [0, 0.1) is 0 Å². The summed E-state index contributed by atoms with van der Waals surface area (Å²) in [5, 5.41) is 31.5. The van der Waals surface area contributed by atoms with E-state index in [0.29, 0.717) is 19.3 Å². The molecule has 0 amide bonds. The van der Waals surface area contributed by atoms with E-state index in [9.17, 15) is 34.5 Å². The Morgan fingerprint density at radius 3 is 1.22 bits per heavy atom. The molecule has 0 saturated carbocycles. The first kappa shape index (κ1) is 73.7. The lowest BCUT2D eigenvalue weighted by molar-refractivity contribution is -0.301. The van der Waals surface area contributed by atoms with Gasteiger partial charge in [0.05, 0.1) is 6.61 Å². The predicted molar refractivity (Wildman–Crippen MR) is 322 cm³/mol. The minimum atomic E-state index is -1.91. The third-order valence-electron chi connectivity index (χ3n) is 14.9. The van der Waals surface area contributed by atoms with E-state index in [4.69, 9.17) is 23.7 Å². The van der Waals surface area contributed by atoms with Crippen LogP contribution in [0.3, 0.4) is 0 Å². The van der Waals surface area contributed by atoms with Crippen LogP contribution >= 0.6 is 0 Å². The lowest BCUT2D eigenvalue weighted by Crippen LogP contribution is -2.61. The van der Waals surface area contributed by atoms with Crippen molar-refractivity contribution >= 4 is 23.9 Å². The van der Waals surface area contributed by atoms with Crippen molar-refractivity contribution in [2.45, 2.75) is 340 Å². The number of aliphatic hydroxyl groups excluding tert-OH is 2. The Morgan fingerprint density at radius 1 is 0.418 bits per heavy atom. The van der Waals surface area contributed by atoms with Gasteiger partial charge in [-0.25, -0.2) is 4.79 Å². The number of allylic oxidation sites excluding steroid dienone is 8. The van der Waals surface area contributed by atoms with E-state index < -0.39 is 67.3 Å². The lowest BCUT2D eigenvalue weighted by Gasteiger charge is -2.40. The molecule has 0 radical (unpaired) electrons. The topological polar surface area (TPSA) is 175 Å². The molecule has 1 fully saturated rings. The van der Waals surface area contributed by atoms with Crippen LogP contribution in [-0.4, -0.2) is 89.2 Å². The van der Waals surface area contributed by atoms with Crippen molar-refractivity contribution in [3.63, 3.8) is 0 Å². The van der Waals surface area contributed by atoms with Crippen molar-refractivity contribution in [1.29, 1.82) is 0 Å². The fraction of sp³-hybridized carbons (Fsp3) is 0.821. The number of carbonyl (C=O) groups excluding carboxylic acids is 3. The smallest absolute Gasteiger partial charge is 0.335 e. The molecule has 0 aromatic carbocycles. The molecule has 79 heavy (non-hydrogen) atoms. The van der Waals surface area contributed by atoms with Gasteiger partial charge in [0.25, 0.3) is 0 Å². The number of carboxylic acid groups (broad SMARTS) is 1. The molecule has 1 saturated heterocycles. The predicted octanol–water partition coefficient (Wildman–Crippen LogP) is 17.3. The average Bonchev–Trinajstić information content (AvgIpc) is 3.46. The summed E-state index contributed by atoms with van der Waals surface area (Å²) in [6.45, 7) is 5.94. The van der Waals surface area contributed by atoms with E-state index in [1.165, 1.54) is 141 Å². The van der Waals surface area contributed by atoms with Gasteiger partial charge in [-0.2, -0.15) is 0 Å². The Balaban J connectivity index is 2.65. The minimum absolute atomic E-state index is 0.0459. The summed E-state index contributed by atoms with van der Waals surface area (Å²) in [5.41, 5.74) is 0. The summed E-state index contributed by atoms with van der Waals surface area (Å²) >= 11 is 0. The summed E-state index contributed by atoms with van der Waals surface area (Å²) in [6, 6.07) is 0. The summed E-state index contributed by atoms with van der Waals surface area (Å²) in [6.07, 6.45) is 55.0. The Hall–Kier alpha value is -3.32. The highest BCUT2D eigenvalue weighted by atomic mass is 16.7. The molecule has 6 unspecified atom stereocenters. The normalized spacial score (nSPS) is 18.1. The van der Waals surface area contributed by atoms with Gasteiger partial charge in [-0.3, -0.25) is 14.4 Å². The Labute approximate surface area is 482 Å². The molecule has 12 nitrogen and oxygen atoms in total. The number of aliphatic hydroxyl groups is 2. The van der Waals surface area contributed by atoms with Crippen molar-refractivity contribution in [3.8, 4) is 0 Å². The summed E-state index contributed by atoms with van der Waals surface area (Å²) < 4.78 is 28.5. The summed E-state index contributed by atoms with van der Waals surface area (Å²) in [5.74, 6) is -3.12. The summed E-state index contributed by atoms with van der Waals surface area (Å²) in [7, 11) is 0. The molecule has 3 N–H and O–H groups in total. The molecular formula is C67H118O12. The number of hydrogen-bond donors (Lipinski definition) is 3. The third-order valence-corrected chi connectivity index (χ3v) is 14.9. The van der Waals surface area contributed by atoms with Crippen LogP contribution in [0.1, 0.15) is 303 Å². The molecule has 1 aliphatic rings. The van der Waals surface area contributed by atoms with Crippen molar-refractivity contribution in [2.24, 2.45) is 0 Å². The van der Waals surface area contributed by atoms with Crippen LogP contribution in [0.15, 0.2) is 48.6 Å². The third kappa shape index (κ3) is 45.0. The number of aliphatic carboxylic acids is 1. The molecule has 0 spiro atoms. The molecule has 1 heterocycles. The van der Waals surface area contributed by atoms with Crippen molar-refractivity contribution in [2.75, 3.05) is 13.2 Å². The maximum Gasteiger partial charge on any atom is 0.335 e. The highest BCUT2D eigenvalue weighted by Crippen LogP contribution is 2.27. The molecular weight excluding hydrogens is 997 g/mol. The zero-order valence-corrected chi connectivity index (χ0v) is 50.6. The number of rotatable bonds is 56. The van der Waals surface area contributed by atoms with Crippen LogP contribution in [0.4, 0.5) is 0 Å². The van der Waals surface area contributed by atoms with E-state index in [1.807, 2.05) is 0 Å². The first-order valence-electron chi connectivity index (χ1n) is 32.6. The SMILES string of the molecule is CCC/C=C\C/C=C\CCCCCCCC(=O)OC1C(OCC(COC(=O)CCCCCCCCCCC/C=C\C/C=C\CCCCC)OC(=O)CCCCCCCCCCCCCCCCCCC)OC(C(=O)O)C(O)C1O. The molecule has 0 bridgehead atoms. The number of carboxylic acids is 1. The van der Waals surface area contributed by atoms with Crippen molar-refractivity contribution in [1.82, 2.24) is 0 Å². The van der Waals surface area contributed by atoms with Gasteiger partial charge in [-0.15, -0.1) is 0 Å². The van der Waals surface area contributed by atoms with Crippen LogP contribution in [-0.2, 0) is 42.9 Å². The molecule has 1 aliphatic heterocycles. The van der Waals surface area contributed by atoms with Crippen LogP contribution in [0.25, 0.3) is 0 Å². The van der Waals surface area contributed by atoms with Crippen LogP contribution < -0.4 is 0 Å². The Bertz CT molecular complexity index is 1560. The highest BCUT2D eigenvalue weighted by molar-refractivity contribution is 5.74. The fourth-order valence-electron chi connectivity index (χ4n) is 9.85. The van der Waals surface area contributed by atoms with Crippen molar-refractivity contribution in [3.05, 3.63) is 48.6 Å². The Kier molecular flexibility index (Phi) is 51.5. The van der Waals surface area contributed by atoms with Gasteiger partial charge in [0, 0.05) is 19.3 Å². The maximum absolute atomic E-state index is 13.2. The standard InChI is InChI=1S/C67H118O12/c1-4-7-10-13-16-19-22-25-27-29-30-32-33-36-38-41-44-47-50-53-59(68)75-56-58(77-60(69)54-51-48-45-42-40-37-34-31-28-26-23-20-17-14-11-8-5-2)57-76-67-65(63(72)62(71)64(79-67)66(73)74)78-61(70)55-52-49-46-43-39-35-24-21-18-15-12-9-6-3/h12,15-16,19,21,24-25,27,58,62-65,67,71-72H,4-11,13-14,17-18,20,22-23,26,28-57H2,1-3H3,(H,73,74)/b15-12-,19-16-,24-21-,27-25-. The van der Waals surface area contributed by atoms with E-state index in [1.54, 1.807) is 0 Å². The zero-order valence-electron chi connectivity index (χ0n) is 50.6. The average molecular weight is 1120 g/mol. The second-order valence-corrected chi connectivity index (χ2v) is 22.4. The number of carbonyl (C=O) groups is 4. The van der Waals surface area contributed by atoms with E-state index in [0.717, 1.165) is 103 Å². The van der Waals surface area contributed by atoms with Crippen LogP contribution in [0.5, 0.6) is 0 Å². The quantitative estimate of drug-likeness (QED) is 0.0228. The molecule has 1 rings (SSSR count). The van der Waals surface area contributed by atoms with Gasteiger partial charge < -0.3 is 39.0 Å². The molecule has 12 heteroatoms. The largest absolute Gasteiger partial charge is 0.479 e. The first-order valence-corrected chi connectivity index (χ1v) is 32.6. The van der Waals surface area contributed by atoms with Gasteiger partial charge in [-0.1, -0.05) is 256 Å². The van der Waals surface area contributed by atoms with Crippen molar-refractivity contribution < 1.29 is 58.2 Å². The first-order chi connectivity index (χ1) is 38.6. The Morgan fingerprint density at radius 2 is 0.785 bits per heavy atom. The van der Waals surface area contributed by atoms with E-state index in [-0.39, 0.29) is 25.9 Å². The number of esters is 3. The van der Waals surface area contributed by atoms with Crippen LogP contribution in [0.2, 0.25) is 0 Å². The molecule has 458 valence electrons. The molecule has 6 atom stereocenters. The molecule has 0 aliphatic carbocycles. The number of unbranched alkanes of at least 4 members (excludes halogenated alkanes) is 34. The monoisotopic (exact) mass is 1110 g/mol. The van der Waals surface area contributed by atoms with Gasteiger partial charge in [-0.05, 0) is 77.0 Å². The second kappa shape index (κ2) is 55.2. The number of ether oxygens (including phenoxy) is 5. The van der Waals surface area contributed by atoms with Gasteiger partial charge in [0.15, 0.2) is 24.6 Å². The van der Waals surface area contributed by atoms with Gasteiger partial charge in [0.2, 0.25) is 0 Å². The van der Waals surface area contributed by atoms with Gasteiger partial charge in [0.1, 0.15) is 18.8 Å². The molecule has 0 aromatic rings. The highest BCUT2D eigenvalue weighted by Gasteiger charge is 2.50. The number of hydrogen-bond acceptors (Lipinski definition) is 11. The van der Waals surface area contributed by atoms with E-state index in [2.05, 4.69) is 69.4 Å². The minimum Gasteiger partial charge on any atom is -0.479 e. The van der Waals surface area contributed by atoms with Gasteiger partial charge >= 0.3 is 23.9 Å². The summed E-state index contributed by atoms with van der Waals surface area (Å²) in [4.78, 5) is 51.3. The lowest BCUT2D eigenvalue weighted by atomic mass is 9.98.